The standard InChI is InChI=1S/C19H24FN7O2.HI/c1-21-19(23-8-7-22-18(29)15-5-3-4-6-16(15)20)26-9-10-27(17(28)13-26)14-11-24-25(2)12-14;/h3-6,11-12H,7-10,13H2,1-2H3,(H,21,23)(H,22,29);1H. The molecule has 1 aliphatic rings. The highest BCUT2D eigenvalue weighted by Gasteiger charge is 2.27. The summed E-state index contributed by atoms with van der Waals surface area (Å²) in [6.07, 6.45) is 3.47. The average molecular weight is 529 g/mol. The number of carbonyl (C=O) groups is 2. The predicted molar refractivity (Wildman–Crippen MR) is 123 cm³/mol. The summed E-state index contributed by atoms with van der Waals surface area (Å²) in [5.41, 5.74) is 0.782. The third-order valence-electron chi connectivity index (χ3n) is 4.55. The molecule has 11 heteroatoms. The van der Waals surface area contributed by atoms with Crippen LogP contribution < -0.4 is 15.5 Å². The molecule has 1 aliphatic heterocycles. The number of carbonyl (C=O) groups excluding carboxylic acids is 2. The zero-order valence-corrected chi connectivity index (χ0v) is 19.2. The second kappa shape index (κ2) is 10.9. The Morgan fingerprint density at radius 2 is 1.97 bits per heavy atom. The van der Waals surface area contributed by atoms with Crippen LogP contribution in [0.3, 0.4) is 0 Å². The van der Waals surface area contributed by atoms with Gasteiger partial charge in [0.25, 0.3) is 5.91 Å². The fraction of sp³-hybridized carbons (Fsp3) is 0.368. The van der Waals surface area contributed by atoms with Gasteiger partial charge in [0.2, 0.25) is 5.91 Å². The summed E-state index contributed by atoms with van der Waals surface area (Å²) in [4.78, 5) is 32.3. The number of hydrogen-bond acceptors (Lipinski definition) is 4. The number of aromatic nitrogens is 2. The van der Waals surface area contributed by atoms with E-state index in [-0.39, 0.29) is 48.5 Å². The van der Waals surface area contributed by atoms with Crippen LogP contribution in [0.5, 0.6) is 0 Å². The Morgan fingerprint density at radius 3 is 2.60 bits per heavy atom. The summed E-state index contributed by atoms with van der Waals surface area (Å²) in [5.74, 6) is -0.497. The molecule has 9 nitrogen and oxygen atoms in total. The van der Waals surface area contributed by atoms with Gasteiger partial charge < -0.3 is 20.4 Å². The van der Waals surface area contributed by atoms with Crippen molar-refractivity contribution in [2.75, 3.05) is 44.7 Å². The molecule has 0 unspecified atom stereocenters. The number of benzene rings is 1. The van der Waals surface area contributed by atoms with E-state index in [1.165, 1.54) is 18.2 Å². The summed E-state index contributed by atoms with van der Waals surface area (Å²) in [5, 5.41) is 9.89. The summed E-state index contributed by atoms with van der Waals surface area (Å²) in [7, 11) is 3.44. The summed E-state index contributed by atoms with van der Waals surface area (Å²) < 4.78 is 15.3. The van der Waals surface area contributed by atoms with Gasteiger partial charge in [-0.05, 0) is 12.1 Å². The van der Waals surface area contributed by atoms with Crippen LogP contribution >= 0.6 is 24.0 Å². The van der Waals surface area contributed by atoms with E-state index >= 15 is 0 Å². The number of halogens is 2. The van der Waals surface area contributed by atoms with Crippen LogP contribution in [0.2, 0.25) is 0 Å². The first-order chi connectivity index (χ1) is 14.0. The topological polar surface area (TPSA) is 94.9 Å². The molecule has 162 valence electrons. The molecule has 1 fully saturated rings. The van der Waals surface area contributed by atoms with Crippen molar-refractivity contribution in [2.45, 2.75) is 0 Å². The normalized spacial score (nSPS) is 14.4. The van der Waals surface area contributed by atoms with Gasteiger partial charge in [0, 0.05) is 46.5 Å². The third kappa shape index (κ3) is 5.68. The fourth-order valence-corrected chi connectivity index (χ4v) is 3.10. The predicted octanol–water partition coefficient (Wildman–Crippen LogP) is 0.831. The number of aryl methyl sites for hydroxylation is 1. The number of rotatable bonds is 5. The van der Waals surface area contributed by atoms with Gasteiger partial charge in [-0.15, -0.1) is 24.0 Å². The molecular weight excluding hydrogens is 504 g/mol. The number of guanidine groups is 1. The zero-order valence-electron chi connectivity index (χ0n) is 16.8. The van der Waals surface area contributed by atoms with Crippen LogP contribution in [0.25, 0.3) is 0 Å². The van der Waals surface area contributed by atoms with Gasteiger partial charge in [-0.25, -0.2) is 4.39 Å². The summed E-state index contributed by atoms with van der Waals surface area (Å²) >= 11 is 0. The van der Waals surface area contributed by atoms with Crippen LogP contribution in [0, 0.1) is 5.82 Å². The molecule has 1 saturated heterocycles. The molecule has 0 atom stereocenters. The molecule has 1 aromatic heterocycles. The molecule has 30 heavy (non-hydrogen) atoms. The van der Waals surface area contributed by atoms with E-state index in [0.717, 1.165) is 5.69 Å². The third-order valence-corrected chi connectivity index (χ3v) is 4.55. The van der Waals surface area contributed by atoms with E-state index < -0.39 is 11.7 Å². The van der Waals surface area contributed by atoms with Gasteiger partial charge in [0.1, 0.15) is 12.4 Å². The van der Waals surface area contributed by atoms with Crippen LogP contribution in [-0.4, -0.2) is 72.2 Å². The molecular formula is C19H25FIN7O2. The zero-order chi connectivity index (χ0) is 20.8. The maximum absolute atomic E-state index is 13.6. The molecule has 0 radical (unpaired) electrons. The Bertz CT molecular complexity index is 918. The molecule has 0 saturated carbocycles. The van der Waals surface area contributed by atoms with Crippen molar-refractivity contribution in [3.05, 3.63) is 48.0 Å². The van der Waals surface area contributed by atoms with Crippen molar-refractivity contribution < 1.29 is 14.0 Å². The molecule has 2 aromatic rings. The highest BCUT2D eigenvalue weighted by molar-refractivity contribution is 14.0. The molecule has 3 rings (SSSR count). The number of piperazine rings is 1. The molecule has 1 aromatic carbocycles. The van der Waals surface area contributed by atoms with E-state index in [2.05, 4.69) is 20.7 Å². The number of nitrogens with zero attached hydrogens (tertiary/aromatic N) is 5. The van der Waals surface area contributed by atoms with Crippen molar-refractivity contribution in [2.24, 2.45) is 12.0 Å². The summed E-state index contributed by atoms with van der Waals surface area (Å²) in [6, 6.07) is 5.83. The van der Waals surface area contributed by atoms with E-state index in [9.17, 15) is 14.0 Å². The van der Waals surface area contributed by atoms with Crippen LogP contribution in [-0.2, 0) is 11.8 Å². The quantitative estimate of drug-likeness (QED) is 0.259. The van der Waals surface area contributed by atoms with E-state index in [4.69, 9.17) is 0 Å². The molecule has 2 heterocycles. The van der Waals surface area contributed by atoms with Crippen molar-refractivity contribution in [3.8, 4) is 0 Å². The average Bonchev–Trinajstić information content (AvgIpc) is 3.14. The lowest BCUT2D eigenvalue weighted by Gasteiger charge is -2.35. The Labute approximate surface area is 191 Å². The van der Waals surface area contributed by atoms with Crippen LogP contribution in [0.15, 0.2) is 41.7 Å². The monoisotopic (exact) mass is 529 g/mol. The first kappa shape index (κ1) is 23.6. The summed E-state index contributed by atoms with van der Waals surface area (Å²) in [6.45, 7) is 2.01. The Kier molecular flexibility index (Phi) is 8.57. The molecule has 0 bridgehead atoms. The Hall–Kier alpha value is -2.70. The largest absolute Gasteiger partial charge is 0.354 e. The number of hydrogen-bond donors (Lipinski definition) is 2. The van der Waals surface area contributed by atoms with Gasteiger partial charge in [-0.2, -0.15) is 5.10 Å². The van der Waals surface area contributed by atoms with Crippen molar-refractivity contribution in [3.63, 3.8) is 0 Å². The van der Waals surface area contributed by atoms with E-state index in [1.54, 1.807) is 42.1 Å². The molecule has 0 aliphatic carbocycles. The number of nitrogens with one attached hydrogen (secondary N) is 2. The second-order valence-corrected chi connectivity index (χ2v) is 6.55. The lowest BCUT2D eigenvalue weighted by molar-refractivity contribution is -0.120. The van der Waals surface area contributed by atoms with Gasteiger partial charge in [-0.3, -0.25) is 19.3 Å². The van der Waals surface area contributed by atoms with Gasteiger partial charge in [0.15, 0.2) is 5.96 Å². The molecule has 2 N–H and O–H groups in total. The number of amides is 2. The van der Waals surface area contributed by atoms with Crippen LogP contribution in [0.4, 0.5) is 10.1 Å². The van der Waals surface area contributed by atoms with Gasteiger partial charge in [-0.1, -0.05) is 12.1 Å². The smallest absolute Gasteiger partial charge is 0.254 e. The molecule has 0 spiro atoms. The Morgan fingerprint density at radius 1 is 1.23 bits per heavy atom. The lowest BCUT2D eigenvalue weighted by Crippen LogP contribution is -2.55. The molecule has 2 amide bonds. The Balaban J connectivity index is 0.00000320. The highest BCUT2D eigenvalue weighted by Crippen LogP contribution is 2.16. The number of aliphatic imine (C=N–C) groups is 1. The second-order valence-electron chi connectivity index (χ2n) is 6.55. The lowest BCUT2D eigenvalue weighted by atomic mass is 10.2. The van der Waals surface area contributed by atoms with E-state index in [1.807, 2.05) is 4.90 Å². The minimum absolute atomic E-state index is 0. The fourth-order valence-electron chi connectivity index (χ4n) is 3.10. The number of anilines is 1. The maximum Gasteiger partial charge on any atom is 0.254 e. The van der Waals surface area contributed by atoms with Gasteiger partial charge in [0.05, 0.1) is 17.4 Å². The maximum atomic E-state index is 13.6. The van der Waals surface area contributed by atoms with Crippen molar-refractivity contribution in [1.82, 2.24) is 25.3 Å². The van der Waals surface area contributed by atoms with Crippen LogP contribution in [0.1, 0.15) is 10.4 Å². The van der Waals surface area contributed by atoms with Crippen molar-refractivity contribution in [1.29, 1.82) is 0 Å². The minimum Gasteiger partial charge on any atom is -0.354 e. The first-order valence-electron chi connectivity index (χ1n) is 9.27. The van der Waals surface area contributed by atoms with Gasteiger partial charge >= 0.3 is 0 Å². The SMILES string of the molecule is CN=C(NCCNC(=O)c1ccccc1F)N1CCN(c2cnn(C)c2)C(=O)C1.I. The highest BCUT2D eigenvalue weighted by atomic mass is 127. The van der Waals surface area contributed by atoms with Crippen molar-refractivity contribution >= 4 is 47.4 Å². The minimum atomic E-state index is -0.557. The first-order valence-corrected chi connectivity index (χ1v) is 9.27. The van der Waals surface area contributed by atoms with E-state index in [0.29, 0.717) is 25.6 Å².